The maximum absolute atomic E-state index is 14.7. The number of benzene rings is 4. The third-order valence-electron chi connectivity index (χ3n) is 5.48. The number of hydrogen-bond donors (Lipinski definition) is 0. The number of rotatable bonds is 10. The Kier molecular flexibility index (Phi) is 8.09. The summed E-state index contributed by atoms with van der Waals surface area (Å²) >= 11 is 0. The monoisotopic (exact) mass is 528 g/mol. The van der Waals surface area contributed by atoms with E-state index in [0.717, 1.165) is 17.7 Å². The van der Waals surface area contributed by atoms with Crippen LogP contribution in [0.25, 0.3) is 10.8 Å². The summed E-state index contributed by atoms with van der Waals surface area (Å²) < 4.78 is 37.9. The lowest BCUT2D eigenvalue weighted by molar-refractivity contribution is -0.129. The zero-order valence-electron chi connectivity index (χ0n) is 20.7. The van der Waals surface area contributed by atoms with Crippen molar-refractivity contribution in [2.24, 2.45) is 0 Å². The van der Waals surface area contributed by atoms with Crippen LogP contribution in [0.4, 0.5) is 0 Å². The summed E-state index contributed by atoms with van der Waals surface area (Å²) in [5.74, 6) is -1.01. The molecule has 0 bridgehead atoms. The standard InChI is InChI=1S/C30H25O7P/c1-4-21-17-18-24-25(19-21)26(34-28(31)5-2)20-27(30(24)35-29(32)6-3)38(33,36-22-13-9-7-10-14-22)37-23-15-11-8-12-16-23/h5-20H,2-4H2,1H3. The fraction of sp³-hybridized carbons (Fsp3) is 0.0667. The van der Waals surface area contributed by atoms with Crippen LogP contribution in [0.3, 0.4) is 0 Å². The van der Waals surface area contributed by atoms with Crippen molar-refractivity contribution in [1.29, 1.82) is 0 Å². The molecule has 0 unspecified atom stereocenters. The number of para-hydroxylation sites is 2. The highest BCUT2D eigenvalue weighted by Gasteiger charge is 2.38. The summed E-state index contributed by atoms with van der Waals surface area (Å²) in [6.07, 6.45) is 2.70. The van der Waals surface area contributed by atoms with Crippen molar-refractivity contribution in [3.05, 3.63) is 116 Å². The number of carbonyl (C=O) groups is 2. The van der Waals surface area contributed by atoms with Crippen LogP contribution in [0.5, 0.6) is 23.0 Å². The molecule has 0 spiro atoms. The van der Waals surface area contributed by atoms with Crippen LogP contribution < -0.4 is 23.8 Å². The van der Waals surface area contributed by atoms with Gasteiger partial charge in [-0.3, -0.25) is 0 Å². The highest BCUT2D eigenvalue weighted by molar-refractivity contribution is 7.63. The normalized spacial score (nSPS) is 10.9. The van der Waals surface area contributed by atoms with E-state index in [-0.39, 0.29) is 28.3 Å². The molecule has 0 aliphatic heterocycles. The van der Waals surface area contributed by atoms with Gasteiger partial charge in [0, 0.05) is 29.0 Å². The predicted molar refractivity (Wildman–Crippen MR) is 146 cm³/mol. The summed E-state index contributed by atoms with van der Waals surface area (Å²) in [5.41, 5.74) is 0.936. The van der Waals surface area contributed by atoms with E-state index < -0.39 is 19.5 Å². The molecule has 7 nitrogen and oxygen atoms in total. The molecule has 38 heavy (non-hydrogen) atoms. The molecular weight excluding hydrogens is 503 g/mol. The maximum atomic E-state index is 14.7. The van der Waals surface area contributed by atoms with Gasteiger partial charge in [-0.05, 0) is 42.3 Å². The van der Waals surface area contributed by atoms with Crippen molar-refractivity contribution >= 4 is 35.6 Å². The first-order chi connectivity index (χ1) is 18.4. The Morgan fingerprint density at radius 1 is 0.763 bits per heavy atom. The lowest BCUT2D eigenvalue weighted by Crippen LogP contribution is -2.21. The second kappa shape index (κ2) is 11.6. The van der Waals surface area contributed by atoms with Gasteiger partial charge in [0.2, 0.25) is 0 Å². The molecule has 4 aromatic carbocycles. The first-order valence-corrected chi connectivity index (χ1v) is 13.3. The second-order valence-corrected chi connectivity index (χ2v) is 9.85. The number of hydrogen-bond acceptors (Lipinski definition) is 7. The van der Waals surface area contributed by atoms with E-state index in [2.05, 4.69) is 13.2 Å². The van der Waals surface area contributed by atoms with Gasteiger partial charge in [-0.15, -0.1) is 0 Å². The van der Waals surface area contributed by atoms with Crippen molar-refractivity contribution in [2.45, 2.75) is 13.3 Å². The van der Waals surface area contributed by atoms with Crippen LogP contribution in [0.15, 0.2) is 110 Å². The number of aryl methyl sites for hydroxylation is 1. The third-order valence-corrected chi connectivity index (χ3v) is 7.31. The van der Waals surface area contributed by atoms with Crippen molar-refractivity contribution in [1.82, 2.24) is 0 Å². The van der Waals surface area contributed by atoms with E-state index in [1.165, 1.54) is 6.07 Å². The summed E-state index contributed by atoms with van der Waals surface area (Å²) in [6.45, 7) is 8.91. The highest BCUT2D eigenvalue weighted by atomic mass is 31.2. The van der Waals surface area contributed by atoms with Crippen LogP contribution >= 0.6 is 7.60 Å². The Bertz CT molecular complexity index is 1500. The lowest BCUT2D eigenvalue weighted by Gasteiger charge is -2.23. The first kappa shape index (κ1) is 26.5. The van der Waals surface area contributed by atoms with Crippen molar-refractivity contribution in [3.63, 3.8) is 0 Å². The molecular formula is C30H25O7P. The maximum Gasteiger partial charge on any atom is 0.466 e. The predicted octanol–water partition coefficient (Wildman–Crippen LogP) is 6.56. The summed E-state index contributed by atoms with van der Waals surface area (Å²) in [7, 11) is -4.35. The quantitative estimate of drug-likeness (QED) is 0.0997. The average Bonchev–Trinajstić information content (AvgIpc) is 2.94. The molecule has 0 aliphatic carbocycles. The SMILES string of the molecule is C=CC(=O)Oc1cc(P(=O)(Oc2ccccc2)Oc2ccccc2)c(OC(=O)C=C)c2ccc(CC)cc12. The molecule has 0 saturated heterocycles. The van der Waals surface area contributed by atoms with E-state index in [4.69, 9.17) is 18.5 Å². The van der Waals surface area contributed by atoms with Gasteiger partial charge in [-0.25, -0.2) is 14.2 Å². The Balaban J connectivity index is 2.04. The van der Waals surface area contributed by atoms with Gasteiger partial charge in [0.15, 0.2) is 5.75 Å². The molecule has 4 aromatic rings. The van der Waals surface area contributed by atoms with Gasteiger partial charge in [0.1, 0.15) is 22.6 Å². The van der Waals surface area contributed by atoms with E-state index in [0.29, 0.717) is 17.2 Å². The Morgan fingerprint density at radius 3 is 1.84 bits per heavy atom. The smallest absolute Gasteiger partial charge is 0.423 e. The molecule has 0 aromatic heterocycles. The molecule has 0 radical (unpaired) electrons. The Labute approximate surface area is 220 Å². The fourth-order valence-corrected chi connectivity index (χ4v) is 5.39. The topological polar surface area (TPSA) is 88.1 Å². The van der Waals surface area contributed by atoms with Gasteiger partial charge >= 0.3 is 19.5 Å². The number of ether oxygens (including phenoxy) is 2. The van der Waals surface area contributed by atoms with Crippen molar-refractivity contribution in [3.8, 4) is 23.0 Å². The van der Waals surface area contributed by atoms with E-state index >= 15 is 0 Å². The van der Waals surface area contributed by atoms with Crippen LogP contribution in [-0.4, -0.2) is 11.9 Å². The van der Waals surface area contributed by atoms with E-state index in [1.807, 2.05) is 13.0 Å². The van der Waals surface area contributed by atoms with Crippen LogP contribution in [0.1, 0.15) is 12.5 Å². The summed E-state index contributed by atoms with van der Waals surface area (Å²) in [6, 6.07) is 23.5. The number of fused-ring (bicyclic) bond motifs is 1. The first-order valence-electron chi connectivity index (χ1n) is 11.7. The molecule has 192 valence electrons. The van der Waals surface area contributed by atoms with Gasteiger partial charge in [0.05, 0.1) is 0 Å². The molecule has 0 N–H and O–H groups in total. The minimum atomic E-state index is -4.35. The van der Waals surface area contributed by atoms with E-state index in [1.54, 1.807) is 72.8 Å². The number of carbonyl (C=O) groups excluding carboxylic acids is 2. The molecule has 0 saturated carbocycles. The zero-order chi connectivity index (χ0) is 27.1. The van der Waals surface area contributed by atoms with Crippen molar-refractivity contribution in [2.75, 3.05) is 0 Å². The third kappa shape index (κ3) is 5.85. The second-order valence-electron chi connectivity index (χ2n) is 8.01. The van der Waals surface area contributed by atoms with Gasteiger partial charge in [-0.1, -0.05) is 68.6 Å². The Morgan fingerprint density at radius 2 is 1.32 bits per heavy atom. The van der Waals surface area contributed by atoms with Gasteiger partial charge < -0.3 is 18.5 Å². The van der Waals surface area contributed by atoms with Gasteiger partial charge in [0.25, 0.3) is 0 Å². The minimum Gasteiger partial charge on any atom is -0.423 e. The summed E-state index contributed by atoms with van der Waals surface area (Å²) in [4.78, 5) is 24.7. The Hall–Kier alpha value is -4.61. The highest BCUT2D eigenvalue weighted by Crippen LogP contribution is 2.52. The molecule has 0 atom stereocenters. The van der Waals surface area contributed by atoms with Gasteiger partial charge in [-0.2, -0.15) is 0 Å². The minimum absolute atomic E-state index is 0.0684. The number of esters is 2. The fourth-order valence-electron chi connectivity index (χ4n) is 3.66. The molecule has 8 heteroatoms. The molecule has 0 heterocycles. The summed E-state index contributed by atoms with van der Waals surface area (Å²) in [5, 5.41) is 0.695. The van der Waals surface area contributed by atoms with E-state index in [9.17, 15) is 14.2 Å². The molecule has 4 rings (SSSR count). The van der Waals surface area contributed by atoms with Crippen LogP contribution in [0.2, 0.25) is 0 Å². The molecule has 0 amide bonds. The average molecular weight is 528 g/mol. The largest absolute Gasteiger partial charge is 0.466 e. The van der Waals surface area contributed by atoms with Crippen molar-refractivity contribution < 1.29 is 32.7 Å². The molecule has 0 aliphatic rings. The molecule has 0 fully saturated rings. The lowest BCUT2D eigenvalue weighted by atomic mass is 10.0. The van der Waals surface area contributed by atoms with Crippen LogP contribution in [0, 0.1) is 0 Å². The van der Waals surface area contributed by atoms with Crippen LogP contribution in [-0.2, 0) is 20.6 Å². The zero-order valence-corrected chi connectivity index (χ0v) is 21.6.